The second-order valence-corrected chi connectivity index (χ2v) is 6.65. The third kappa shape index (κ3) is 4.92. The highest BCUT2D eigenvalue weighted by atomic mass is 16.5. The van der Waals surface area contributed by atoms with Crippen LogP contribution in [-0.4, -0.2) is 42.2 Å². The van der Waals surface area contributed by atoms with E-state index in [1.807, 2.05) is 6.07 Å². The van der Waals surface area contributed by atoms with E-state index in [4.69, 9.17) is 9.47 Å². The molecule has 0 bridgehead atoms. The Balaban J connectivity index is 1.54. The molecule has 5 heteroatoms. The van der Waals surface area contributed by atoms with E-state index in [1.165, 1.54) is 24.8 Å². The Morgan fingerprint density at radius 2 is 2.04 bits per heavy atom. The van der Waals surface area contributed by atoms with Crippen LogP contribution in [0.3, 0.4) is 0 Å². The van der Waals surface area contributed by atoms with Gasteiger partial charge in [-0.3, -0.25) is 9.88 Å². The van der Waals surface area contributed by atoms with Gasteiger partial charge in [0.15, 0.2) is 0 Å². The summed E-state index contributed by atoms with van der Waals surface area (Å²) in [5.41, 5.74) is 2.28. The van der Waals surface area contributed by atoms with Gasteiger partial charge in [-0.2, -0.15) is 0 Å². The van der Waals surface area contributed by atoms with Gasteiger partial charge >= 0.3 is 0 Å². The summed E-state index contributed by atoms with van der Waals surface area (Å²) in [5.74, 6) is 2.31. The number of likely N-dealkylation sites (tertiary alicyclic amines) is 1. The molecule has 25 heavy (non-hydrogen) atoms. The molecular weight excluding hydrogens is 314 g/mol. The highest BCUT2D eigenvalue weighted by Gasteiger charge is 2.21. The standard InChI is InChI=1S/C20H27N3O2/c1-24-18-7-3-5-16(13-18)8-9-17-6-4-12-23(14-17)15-19-20(25-2)22-11-10-21-19/h3,5,7,10-11,13,17H,4,6,8-9,12,14-15H2,1-2H3. The Hall–Kier alpha value is -2.14. The monoisotopic (exact) mass is 341 g/mol. The zero-order valence-electron chi connectivity index (χ0n) is 15.1. The van der Waals surface area contributed by atoms with E-state index in [-0.39, 0.29) is 0 Å². The topological polar surface area (TPSA) is 47.5 Å². The molecule has 1 unspecified atom stereocenters. The molecule has 2 heterocycles. The summed E-state index contributed by atoms with van der Waals surface area (Å²) in [4.78, 5) is 11.2. The number of methoxy groups -OCH3 is 2. The van der Waals surface area contributed by atoms with Crippen LogP contribution in [-0.2, 0) is 13.0 Å². The maximum absolute atomic E-state index is 5.33. The maximum Gasteiger partial charge on any atom is 0.236 e. The number of aromatic nitrogens is 2. The van der Waals surface area contributed by atoms with Gasteiger partial charge in [-0.25, -0.2) is 4.98 Å². The molecule has 0 spiro atoms. The summed E-state index contributed by atoms with van der Waals surface area (Å²) >= 11 is 0. The number of piperidine rings is 1. The van der Waals surface area contributed by atoms with Crippen molar-refractivity contribution >= 4 is 0 Å². The average Bonchev–Trinajstić information content (AvgIpc) is 2.67. The van der Waals surface area contributed by atoms with E-state index in [1.54, 1.807) is 26.6 Å². The highest BCUT2D eigenvalue weighted by molar-refractivity contribution is 5.28. The summed E-state index contributed by atoms with van der Waals surface area (Å²) in [7, 11) is 3.37. The van der Waals surface area contributed by atoms with Crippen molar-refractivity contribution in [3.8, 4) is 11.6 Å². The van der Waals surface area contributed by atoms with Gasteiger partial charge < -0.3 is 9.47 Å². The van der Waals surface area contributed by atoms with Crippen molar-refractivity contribution in [3.63, 3.8) is 0 Å². The zero-order valence-corrected chi connectivity index (χ0v) is 15.1. The molecule has 1 fully saturated rings. The third-order valence-electron chi connectivity index (χ3n) is 4.88. The smallest absolute Gasteiger partial charge is 0.236 e. The third-order valence-corrected chi connectivity index (χ3v) is 4.88. The lowest BCUT2D eigenvalue weighted by atomic mass is 9.91. The average molecular weight is 341 g/mol. The van der Waals surface area contributed by atoms with Crippen molar-refractivity contribution in [2.45, 2.75) is 32.2 Å². The summed E-state index contributed by atoms with van der Waals surface area (Å²) in [6.07, 6.45) is 8.27. The van der Waals surface area contributed by atoms with Crippen molar-refractivity contribution in [2.24, 2.45) is 5.92 Å². The normalized spacial score (nSPS) is 18.1. The summed E-state index contributed by atoms with van der Waals surface area (Å²) < 4.78 is 10.6. The van der Waals surface area contributed by atoms with E-state index in [0.717, 1.165) is 43.4 Å². The van der Waals surface area contributed by atoms with Crippen LogP contribution in [0.5, 0.6) is 11.6 Å². The van der Waals surface area contributed by atoms with Crippen molar-refractivity contribution < 1.29 is 9.47 Å². The van der Waals surface area contributed by atoms with Gasteiger partial charge in [0.25, 0.3) is 0 Å². The number of aryl methyl sites for hydroxylation is 1. The van der Waals surface area contributed by atoms with Gasteiger partial charge in [-0.1, -0.05) is 12.1 Å². The predicted octanol–water partition coefficient (Wildman–Crippen LogP) is 3.34. The molecule has 3 rings (SSSR count). The van der Waals surface area contributed by atoms with E-state index >= 15 is 0 Å². The quantitative estimate of drug-likeness (QED) is 0.773. The van der Waals surface area contributed by atoms with Gasteiger partial charge in [0.1, 0.15) is 11.4 Å². The first kappa shape index (κ1) is 17.7. The SMILES string of the molecule is COc1cccc(CCC2CCCN(Cc3nccnc3OC)C2)c1. The minimum Gasteiger partial charge on any atom is -0.497 e. The molecule has 1 aromatic heterocycles. The molecule has 0 amide bonds. The van der Waals surface area contributed by atoms with Crippen LogP contribution in [0.4, 0.5) is 0 Å². The molecule has 134 valence electrons. The van der Waals surface area contributed by atoms with Crippen LogP contribution >= 0.6 is 0 Å². The van der Waals surface area contributed by atoms with Crippen molar-refractivity contribution in [1.29, 1.82) is 0 Å². The lowest BCUT2D eigenvalue weighted by Crippen LogP contribution is -2.35. The minimum atomic E-state index is 0.640. The molecular formula is C20H27N3O2. The Morgan fingerprint density at radius 1 is 1.16 bits per heavy atom. The molecule has 5 nitrogen and oxygen atoms in total. The van der Waals surface area contributed by atoms with Gasteiger partial charge in [0.2, 0.25) is 5.88 Å². The van der Waals surface area contributed by atoms with E-state index < -0.39 is 0 Å². The highest BCUT2D eigenvalue weighted by Crippen LogP contribution is 2.24. The second-order valence-electron chi connectivity index (χ2n) is 6.65. The molecule has 1 atom stereocenters. The van der Waals surface area contributed by atoms with Crippen molar-refractivity contribution in [1.82, 2.24) is 14.9 Å². The number of hydrogen-bond acceptors (Lipinski definition) is 5. The van der Waals surface area contributed by atoms with Gasteiger partial charge in [-0.05, 0) is 55.8 Å². The first-order chi connectivity index (χ1) is 12.3. The first-order valence-corrected chi connectivity index (χ1v) is 8.97. The first-order valence-electron chi connectivity index (χ1n) is 8.97. The molecule has 0 N–H and O–H groups in total. The largest absolute Gasteiger partial charge is 0.497 e. The maximum atomic E-state index is 5.33. The molecule has 1 aliphatic rings. The van der Waals surface area contributed by atoms with Crippen LogP contribution in [0.1, 0.15) is 30.5 Å². The number of benzene rings is 1. The fraction of sp³-hybridized carbons (Fsp3) is 0.500. The lowest BCUT2D eigenvalue weighted by molar-refractivity contribution is 0.158. The van der Waals surface area contributed by atoms with Crippen LogP contribution in [0.25, 0.3) is 0 Å². The summed E-state index contributed by atoms with van der Waals surface area (Å²) in [6, 6.07) is 8.40. The van der Waals surface area contributed by atoms with Crippen LogP contribution in [0.2, 0.25) is 0 Å². The summed E-state index contributed by atoms with van der Waals surface area (Å²) in [6.45, 7) is 3.05. The minimum absolute atomic E-state index is 0.640. The molecule has 0 saturated carbocycles. The van der Waals surface area contributed by atoms with Crippen LogP contribution in [0.15, 0.2) is 36.7 Å². The number of nitrogens with zero attached hydrogens (tertiary/aromatic N) is 3. The van der Waals surface area contributed by atoms with E-state index in [0.29, 0.717) is 5.88 Å². The number of hydrogen-bond donors (Lipinski definition) is 0. The van der Waals surface area contributed by atoms with E-state index in [9.17, 15) is 0 Å². The van der Waals surface area contributed by atoms with Gasteiger partial charge in [0, 0.05) is 25.5 Å². The summed E-state index contributed by atoms with van der Waals surface area (Å²) in [5, 5.41) is 0. The second kappa shape index (κ2) is 8.81. The fourth-order valence-electron chi connectivity index (χ4n) is 3.57. The fourth-order valence-corrected chi connectivity index (χ4v) is 3.57. The van der Waals surface area contributed by atoms with Crippen molar-refractivity contribution in [3.05, 3.63) is 47.9 Å². The Morgan fingerprint density at radius 3 is 2.88 bits per heavy atom. The Kier molecular flexibility index (Phi) is 6.23. The van der Waals surface area contributed by atoms with E-state index in [2.05, 4.69) is 33.1 Å². The number of rotatable bonds is 7. The molecule has 2 aromatic rings. The number of ether oxygens (including phenoxy) is 2. The predicted molar refractivity (Wildman–Crippen MR) is 97.9 cm³/mol. The lowest BCUT2D eigenvalue weighted by Gasteiger charge is -2.32. The molecule has 1 saturated heterocycles. The molecule has 1 aromatic carbocycles. The van der Waals surface area contributed by atoms with Crippen LogP contribution < -0.4 is 9.47 Å². The zero-order chi connectivity index (χ0) is 17.5. The Labute approximate surface area is 150 Å². The molecule has 0 aliphatic carbocycles. The molecule has 0 radical (unpaired) electrons. The van der Waals surface area contributed by atoms with Gasteiger partial charge in [0.05, 0.1) is 14.2 Å². The Bertz CT molecular complexity index is 677. The van der Waals surface area contributed by atoms with Crippen molar-refractivity contribution in [2.75, 3.05) is 27.3 Å². The van der Waals surface area contributed by atoms with Gasteiger partial charge in [-0.15, -0.1) is 0 Å². The van der Waals surface area contributed by atoms with Crippen LogP contribution in [0, 0.1) is 5.92 Å². The molecule has 1 aliphatic heterocycles.